The summed E-state index contributed by atoms with van der Waals surface area (Å²) in [5.74, 6) is 0.234. The number of rotatable bonds is 4. The van der Waals surface area contributed by atoms with Crippen LogP contribution in [0, 0.1) is 0 Å². The zero-order valence-corrected chi connectivity index (χ0v) is 11.2. The van der Waals surface area contributed by atoms with Crippen LogP contribution >= 0.6 is 12.4 Å². The lowest BCUT2D eigenvalue weighted by Crippen LogP contribution is -2.49. The molecule has 1 amide bonds. The van der Waals surface area contributed by atoms with Crippen LogP contribution in [0.1, 0.15) is 26.7 Å². The highest BCUT2D eigenvalue weighted by molar-refractivity contribution is 5.85. The van der Waals surface area contributed by atoms with Crippen LogP contribution in [0.5, 0.6) is 0 Å². The zero-order valence-electron chi connectivity index (χ0n) is 10.4. The molecule has 0 aromatic carbocycles. The minimum absolute atomic E-state index is 0. The number of hydrogen-bond donors (Lipinski definition) is 1. The summed E-state index contributed by atoms with van der Waals surface area (Å²) in [7, 11) is 1.87. The molecule has 0 spiro atoms. The summed E-state index contributed by atoms with van der Waals surface area (Å²) in [4.78, 5) is 13.7. The average molecular weight is 251 g/mol. The van der Waals surface area contributed by atoms with Crippen LogP contribution < -0.4 is 5.32 Å². The first-order valence-electron chi connectivity index (χ1n) is 5.75. The molecular weight excluding hydrogens is 228 g/mol. The number of morpholine rings is 1. The maximum Gasteiger partial charge on any atom is 0.224 e. The van der Waals surface area contributed by atoms with Crippen molar-refractivity contribution < 1.29 is 9.53 Å². The molecule has 2 unspecified atom stereocenters. The summed E-state index contributed by atoms with van der Waals surface area (Å²) in [6.45, 7) is 6.36. The summed E-state index contributed by atoms with van der Waals surface area (Å²) in [6.07, 6.45) is 1.94. The fraction of sp³-hybridized carbons (Fsp3) is 0.909. The van der Waals surface area contributed by atoms with Crippen LogP contribution in [-0.4, -0.2) is 49.7 Å². The monoisotopic (exact) mass is 250 g/mol. The molecule has 1 aliphatic rings. The van der Waals surface area contributed by atoms with Gasteiger partial charge in [0.15, 0.2) is 0 Å². The summed E-state index contributed by atoms with van der Waals surface area (Å²) in [6, 6.07) is 0. The van der Waals surface area contributed by atoms with E-state index in [1.165, 1.54) is 0 Å². The van der Waals surface area contributed by atoms with Gasteiger partial charge in [0.05, 0.1) is 12.2 Å². The molecule has 1 heterocycles. The predicted octanol–water partition coefficient (Wildman–Crippen LogP) is 1.04. The molecule has 0 saturated carbocycles. The quantitative estimate of drug-likeness (QED) is 0.811. The number of amides is 1. The fourth-order valence-electron chi connectivity index (χ4n) is 1.86. The van der Waals surface area contributed by atoms with E-state index in [0.717, 1.165) is 26.1 Å². The van der Waals surface area contributed by atoms with Gasteiger partial charge in [-0.25, -0.2) is 0 Å². The fourth-order valence-corrected chi connectivity index (χ4v) is 1.86. The van der Waals surface area contributed by atoms with Crippen molar-refractivity contribution in [3.63, 3.8) is 0 Å². The van der Waals surface area contributed by atoms with E-state index in [0.29, 0.717) is 6.42 Å². The van der Waals surface area contributed by atoms with Gasteiger partial charge in [0.2, 0.25) is 5.91 Å². The van der Waals surface area contributed by atoms with Gasteiger partial charge in [-0.05, 0) is 20.4 Å². The van der Waals surface area contributed by atoms with Gasteiger partial charge >= 0.3 is 0 Å². The van der Waals surface area contributed by atoms with Crippen molar-refractivity contribution in [3.05, 3.63) is 0 Å². The van der Waals surface area contributed by atoms with Gasteiger partial charge in [0.1, 0.15) is 0 Å². The lowest BCUT2D eigenvalue weighted by atomic mass is 10.1. The van der Waals surface area contributed by atoms with E-state index in [1.54, 1.807) is 0 Å². The first kappa shape index (κ1) is 15.7. The van der Waals surface area contributed by atoms with Crippen molar-refractivity contribution in [1.29, 1.82) is 0 Å². The van der Waals surface area contributed by atoms with Gasteiger partial charge in [-0.1, -0.05) is 6.92 Å². The summed E-state index contributed by atoms with van der Waals surface area (Å²) < 4.78 is 5.71. The lowest BCUT2D eigenvalue weighted by Gasteiger charge is -2.36. The third kappa shape index (κ3) is 4.68. The minimum atomic E-state index is 0. The Kier molecular flexibility index (Phi) is 7.72. The van der Waals surface area contributed by atoms with Crippen molar-refractivity contribution >= 4 is 18.3 Å². The second kappa shape index (κ2) is 7.87. The normalized spacial score (nSPS) is 25.1. The number of nitrogens with zero attached hydrogens (tertiary/aromatic N) is 1. The van der Waals surface area contributed by atoms with Crippen LogP contribution in [0.2, 0.25) is 0 Å². The molecule has 0 bridgehead atoms. The maximum absolute atomic E-state index is 11.8. The topological polar surface area (TPSA) is 41.6 Å². The highest BCUT2D eigenvalue weighted by Gasteiger charge is 2.26. The first-order valence-corrected chi connectivity index (χ1v) is 5.75. The first-order chi connectivity index (χ1) is 7.17. The second-order valence-electron chi connectivity index (χ2n) is 4.13. The Morgan fingerprint density at radius 2 is 2.19 bits per heavy atom. The summed E-state index contributed by atoms with van der Waals surface area (Å²) >= 11 is 0. The molecule has 1 fully saturated rings. The average Bonchev–Trinajstić information content (AvgIpc) is 2.24. The SMILES string of the molecule is CCC1CN(C(=O)CCNC)CC(C)O1.Cl. The Balaban J connectivity index is 0.00000225. The zero-order chi connectivity index (χ0) is 11.3. The van der Waals surface area contributed by atoms with Gasteiger partial charge < -0.3 is 15.0 Å². The van der Waals surface area contributed by atoms with Crippen molar-refractivity contribution in [2.75, 3.05) is 26.7 Å². The van der Waals surface area contributed by atoms with E-state index in [1.807, 2.05) is 18.9 Å². The van der Waals surface area contributed by atoms with E-state index >= 15 is 0 Å². The van der Waals surface area contributed by atoms with E-state index < -0.39 is 0 Å². The third-order valence-electron chi connectivity index (χ3n) is 2.72. The van der Waals surface area contributed by atoms with Crippen molar-refractivity contribution in [1.82, 2.24) is 10.2 Å². The Labute approximate surface area is 104 Å². The largest absolute Gasteiger partial charge is 0.372 e. The lowest BCUT2D eigenvalue weighted by molar-refractivity contribution is -0.144. The number of ether oxygens (including phenoxy) is 1. The van der Waals surface area contributed by atoms with E-state index in [-0.39, 0.29) is 30.5 Å². The van der Waals surface area contributed by atoms with E-state index in [9.17, 15) is 4.79 Å². The Morgan fingerprint density at radius 3 is 2.75 bits per heavy atom. The number of hydrogen-bond acceptors (Lipinski definition) is 3. The molecule has 4 nitrogen and oxygen atoms in total. The van der Waals surface area contributed by atoms with Crippen molar-refractivity contribution in [2.45, 2.75) is 38.9 Å². The highest BCUT2D eigenvalue weighted by atomic mass is 35.5. The molecule has 96 valence electrons. The number of carbonyl (C=O) groups is 1. The maximum atomic E-state index is 11.8. The van der Waals surface area contributed by atoms with Gasteiger partial charge in [-0.3, -0.25) is 4.79 Å². The molecule has 0 aromatic rings. The Morgan fingerprint density at radius 1 is 1.50 bits per heavy atom. The Hall–Kier alpha value is -0.320. The minimum Gasteiger partial charge on any atom is -0.372 e. The molecule has 0 aliphatic carbocycles. The van der Waals surface area contributed by atoms with Crippen molar-refractivity contribution in [3.8, 4) is 0 Å². The van der Waals surface area contributed by atoms with Crippen LogP contribution in [0.25, 0.3) is 0 Å². The molecule has 16 heavy (non-hydrogen) atoms. The van der Waals surface area contributed by atoms with Gasteiger partial charge in [-0.2, -0.15) is 0 Å². The molecule has 1 rings (SSSR count). The highest BCUT2D eigenvalue weighted by Crippen LogP contribution is 2.14. The second-order valence-corrected chi connectivity index (χ2v) is 4.13. The molecule has 1 aliphatic heterocycles. The number of carbonyl (C=O) groups excluding carboxylic acids is 1. The third-order valence-corrected chi connectivity index (χ3v) is 2.72. The molecule has 5 heteroatoms. The van der Waals surface area contributed by atoms with Crippen LogP contribution in [0.15, 0.2) is 0 Å². The smallest absolute Gasteiger partial charge is 0.224 e. The predicted molar refractivity (Wildman–Crippen MR) is 67.0 cm³/mol. The van der Waals surface area contributed by atoms with Gasteiger partial charge in [0, 0.05) is 26.1 Å². The van der Waals surface area contributed by atoms with Crippen LogP contribution in [-0.2, 0) is 9.53 Å². The Bertz CT molecular complexity index is 214. The van der Waals surface area contributed by atoms with Crippen LogP contribution in [0.4, 0.5) is 0 Å². The number of nitrogens with one attached hydrogen (secondary N) is 1. The molecular formula is C11H23ClN2O2. The van der Waals surface area contributed by atoms with Gasteiger partial charge in [0.25, 0.3) is 0 Å². The van der Waals surface area contributed by atoms with E-state index in [2.05, 4.69) is 12.2 Å². The molecule has 0 radical (unpaired) electrons. The number of halogens is 1. The molecule has 2 atom stereocenters. The van der Waals surface area contributed by atoms with Crippen LogP contribution in [0.3, 0.4) is 0 Å². The molecule has 1 N–H and O–H groups in total. The standard InChI is InChI=1S/C11H22N2O2.ClH/c1-4-10-8-13(7-9(2)15-10)11(14)5-6-12-3;/h9-10,12H,4-8H2,1-3H3;1H. The summed E-state index contributed by atoms with van der Waals surface area (Å²) in [5, 5.41) is 3.00. The van der Waals surface area contributed by atoms with E-state index in [4.69, 9.17) is 4.74 Å². The molecule has 0 aromatic heterocycles. The molecule has 1 saturated heterocycles. The van der Waals surface area contributed by atoms with Crippen molar-refractivity contribution in [2.24, 2.45) is 0 Å². The van der Waals surface area contributed by atoms with Gasteiger partial charge in [-0.15, -0.1) is 12.4 Å². The summed E-state index contributed by atoms with van der Waals surface area (Å²) in [5.41, 5.74) is 0.